The zero-order valence-electron chi connectivity index (χ0n) is 10.8. The van der Waals surface area contributed by atoms with E-state index in [4.69, 9.17) is 16.3 Å². The van der Waals surface area contributed by atoms with Gasteiger partial charge in [-0.05, 0) is 29.7 Å². The number of rotatable bonds is 3. The van der Waals surface area contributed by atoms with Crippen molar-refractivity contribution in [1.82, 2.24) is 0 Å². The van der Waals surface area contributed by atoms with Crippen LogP contribution in [0.1, 0.15) is 16.5 Å². The molecule has 1 aromatic heterocycles. The average molecular weight is 305 g/mol. The van der Waals surface area contributed by atoms with Gasteiger partial charge in [0.2, 0.25) is 0 Å². The zero-order chi connectivity index (χ0) is 14.1. The number of aliphatic hydroxyl groups is 1. The summed E-state index contributed by atoms with van der Waals surface area (Å²) >= 11 is 7.80. The van der Waals surface area contributed by atoms with Crippen molar-refractivity contribution >= 4 is 33.0 Å². The summed E-state index contributed by atoms with van der Waals surface area (Å²) in [5.74, 6) is 0.683. The van der Waals surface area contributed by atoms with E-state index in [1.165, 1.54) is 0 Å². The molecule has 0 aliphatic heterocycles. The normalized spacial score (nSPS) is 12.6. The van der Waals surface area contributed by atoms with E-state index in [0.29, 0.717) is 16.3 Å². The van der Waals surface area contributed by atoms with Crippen LogP contribution in [0.4, 0.5) is 0 Å². The molecular weight excluding hydrogens is 292 g/mol. The van der Waals surface area contributed by atoms with E-state index in [0.717, 1.165) is 15.0 Å². The maximum Gasteiger partial charge on any atom is 0.120 e. The number of fused-ring (bicyclic) bond motifs is 1. The van der Waals surface area contributed by atoms with Gasteiger partial charge in [0.15, 0.2) is 0 Å². The van der Waals surface area contributed by atoms with Gasteiger partial charge in [0.25, 0.3) is 0 Å². The van der Waals surface area contributed by atoms with Crippen LogP contribution in [0.3, 0.4) is 0 Å². The second kappa shape index (κ2) is 5.44. The summed E-state index contributed by atoms with van der Waals surface area (Å²) in [4.78, 5) is 0.887. The molecule has 0 aliphatic carbocycles. The minimum absolute atomic E-state index is 0.509. The number of benzene rings is 2. The van der Waals surface area contributed by atoms with Crippen LogP contribution in [-0.4, -0.2) is 12.2 Å². The van der Waals surface area contributed by atoms with Crippen molar-refractivity contribution in [1.29, 1.82) is 0 Å². The second-order valence-electron chi connectivity index (χ2n) is 4.48. The lowest BCUT2D eigenvalue weighted by Crippen LogP contribution is -1.98. The Balaban J connectivity index is 2.01. The standard InChI is InChI=1S/C16H13ClO2S/c1-19-11-6-7-12(13(17)9-11)16(18)15-8-10-4-2-3-5-14(10)20-15/h2-9,16,18H,1H3. The number of ether oxygens (including phenoxy) is 1. The SMILES string of the molecule is COc1ccc(C(O)c2cc3ccccc3s2)c(Cl)c1. The van der Waals surface area contributed by atoms with Gasteiger partial charge in [-0.25, -0.2) is 0 Å². The van der Waals surface area contributed by atoms with Gasteiger partial charge in [0.1, 0.15) is 11.9 Å². The van der Waals surface area contributed by atoms with Gasteiger partial charge >= 0.3 is 0 Å². The van der Waals surface area contributed by atoms with Gasteiger partial charge < -0.3 is 9.84 Å². The molecule has 1 atom stereocenters. The van der Waals surface area contributed by atoms with Crippen LogP contribution >= 0.6 is 22.9 Å². The molecule has 3 rings (SSSR count). The highest BCUT2D eigenvalue weighted by molar-refractivity contribution is 7.19. The van der Waals surface area contributed by atoms with Crippen molar-refractivity contribution in [2.45, 2.75) is 6.10 Å². The lowest BCUT2D eigenvalue weighted by molar-refractivity contribution is 0.224. The number of hydrogen-bond acceptors (Lipinski definition) is 3. The number of methoxy groups -OCH3 is 1. The highest BCUT2D eigenvalue weighted by atomic mass is 35.5. The Bertz CT molecular complexity index is 718. The minimum Gasteiger partial charge on any atom is -0.497 e. The fourth-order valence-electron chi connectivity index (χ4n) is 2.15. The Labute approximate surface area is 126 Å². The first-order valence-electron chi connectivity index (χ1n) is 6.19. The molecule has 0 spiro atoms. The van der Waals surface area contributed by atoms with Gasteiger partial charge in [0.05, 0.1) is 12.1 Å². The molecular formula is C16H13ClO2S. The molecule has 20 heavy (non-hydrogen) atoms. The van der Waals surface area contributed by atoms with E-state index in [-0.39, 0.29) is 0 Å². The molecule has 2 aromatic carbocycles. The molecule has 0 saturated heterocycles. The number of hydrogen-bond donors (Lipinski definition) is 1. The fraction of sp³-hybridized carbons (Fsp3) is 0.125. The second-order valence-corrected chi connectivity index (χ2v) is 6.00. The third-order valence-corrected chi connectivity index (χ3v) is 4.71. The summed E-state index contributed by atoms with van der Waals surface area (Å²) in [5.41, 5.74) is 0.694. The van der Waals surface area contributed by atoms with Crippen molar-refractivity contribution in [3.8, 4) is 5.75 Å². The largest absolute Gasteiger partial charge is 0.497 e. The Morgan fingerprint density at radius 2 is 1.95 bits per heavy atom. The smallest absolute Gasteiger partial charge is 0.120 e. The average Bonchev–Trinajstić information content (AvgIpc) is 2.90. The van der Waals surface area contributed by atoms with E-state index in [1.54, 1.807) is 36.6 Å². The Kier molecular flexibility index (Phi) is 3.66. The Morgan fingerprint density at radius 1 is 1.15 bits per heavy atom. The van der Waals surface area contributed by atoms with Gasteiger partial charge in [-0.3, -0.25) is 0 Å². The van der Waals surface area contributed by atoms with Crippen molar-refractivity contribution < 1.29 is 9.84 Å². The zero-order valence-corrected chi connectivity index (χ0v) is 12.4. The summed E-state index contributed by atoms with van der Waals surface area (Å²) in [5, 5.41) is 12.2. The highest BCUT2D eigenvalue weighted by Gasteiger charge is 2.17. The summed E-state index contributed by atoms with van der Waals surface area (Å²) < 4.78 is 6.28. The fourth-order valence-corrected chi connectivity index (χ4v) is 3.49. The molecule has 2 nitrogen and oxygen atoms in total. The Morgan fingerprint density at radius 3 is 2.65 bits per heavy atom. The molecule has 4 heteroatoms. The summed E-state index contributed by atoms with van der Waals surface area (Å²) in [7, 11) is 1.59. The van der Waals surface area contributed by atoms with E-state index in [2.05, 4.69) is 0 Å². The van der Waals surface area contributed by atoms with E-state index in [9.17, 15) is 5.11 Å². The lowest BCUT2D eigenvalue weighted by atomic mass is 10.1. The molecule has 102 valence electrons. The van der Waals surface area contributed by atoms with E-state index >= 15 is 0 Å². The van der Waals surface area contributed by atoms with Gasteiger partial charge in [-0.1, -0.05) is 35.9 Å². The van der Waals surface area contributed by atoms with E-state index < -0.39 is 6.10 Å². The van der Waals surface area contributed by atoms with Gasteiger partial charge in [-0.2, -0.15) is 0 Å². The van der Waals surface area contributed by atoms with Crippen LogP contribution in [0.2, 0.25) is 5.02 Å². The molecule has 3 aromatic rings. The monoisotopic (exact) mass is 304 g/mol. The van der Waals surface area contributed by atoms with Crippen LogP contribution in [0.15, 0.2) is 48.5 Å². The third kappa shape index (κ3) is 2.40. The first-order valence-corrected chi connectivity index (χ1v) is 7.38. The van der Waals surface area contributed by atoms with Crippen molar-refractivity contribution in [2.75, 3.05) is 7.11 Å². The Hall–Kier alpha value is -1.55. The highest BCUT2D eigenvalue weighted by Crippen LogP contribution is 2.36. The molecule has 1 N–H and O–H groups in total. The maximum atomic E-state index is 10.5. The number of halogens is 1. The topological polar surface area (TPSA) is 29.5 Å². The molecule has 0 radical (unpaired) electrons. The first-order chi connectivity index (χ1) is 9.69. The number of aliphatic hydroxyl groups excluding tert-OH is 1. The summed E-state index contributed by atoms with van der Waals surface area (Å²) in [6.45, 7) is 0. The van der Waals surface area contributed by atoms with Crippen molar-refractivity contribution in [3.63, 3.8) is 0 Å². The molecule has 0 aliphatic rings. The predicted octanol–water partition coefficient (Wildman–Crippen LogP) is 4.65. The van der Waals surface area contributed by atoms with Crippen LogP contribution in [-0.2, 0) is 0 Å². The molecule has 0 saturated carbocycles. The molecule has 0 bridgehead atoms. The van der Waals surface area contributed by atoms with Crippen molar-refractivity contribution in [2.24, 2.45) is 0 Å². The molecule has 1 heterocycles. The van der Waals surface area contributed by atoms with Gasteiger partial charge in [0, 0.05) is 15.1 Å². The van der Waals surface area contributed by atoms with Crippen LogP contribution in [0.5, 0.6) is 5.75 Å². The first kappa shape index (κ1) is 13.4. The quantitative estimate of drug-likeness (QED) is 0.763. The summed E-state index contributed by atoms with van der Waals surface area (Å²) in [6, 6.07) is 15.4. The summed E-state index contributed by atoms with van der Waals surface area (Å²) in [6.07, 6.45) is -0.717. The van der Waals surface area contributed by atoms with Gasteiger partial charge in [-0.15, -0.1) is 11.3 Å². The van der Waals surface area contributed by atoms with E-state index in [1.807, 2.05) is 30.3 Å². The predicted molar refractivity (Wildman–Crippen MR) is 83.9 cm³/mol. The molecule has 0 amide bonds. The van der Waals surface area contributed by atoms with Crippen molar-refractivity contribution in [3.05, 3.63) is 64.0 Å². The third-order valence-electron chi connectivity index (χ3n) is 3.22. The lowest BCUT2D eigenvalue weighted by Gasteiger charge is -2.11. The maximum absolute atomic E-state index is 10.5. The van der Waals surface area contributed by atoms with Crippen LogP contribution in [0, 0.1) is 0 Å². The molecule has 1 unspecified atom stereocenters. The van der Waals surface area contributed by atoms with Crippen LogP contribution in [0.25, 0.3) is 10.1 Å². The molecule has 0 fully saturated rings. The van der Waals surface area contributed by atoms with Crippen LogP contribution < -0.4 is 4.74 Å². The number of thiophene rings is 1. The minimum atomic E-state index is -0.717.